The number of piperidine rings is 1. The number of carbonyl (C=O) groups excluding carboxylic acids is 3. The first-order valence-corrected chi connectivity index (χ1v) is 10.6. The molecule has 31 heavy (non-hydrogen) atoms. The molecule has 1 fully saturated rings. The Balaban J connectivity index is 1.50. The van der Waals surface area contributed by atoms with Crippen LogP contribution in [0.1, 0.15) is 30.9 Å². The molecule has 1 aliphatic rings. The van der Waals surface area contributed by atoms with Crippen LogP contribution in [0.25, 0.3) is 0 Å². The number of amides is 4. The molecule has 0 aromatic heterocycles. The third-order valence-electron chi connectivity index (χ3n) is 5.41. The minimum Gasteiger partial charge on any atom is -0.351 e. The van der Waals surface area contributed by atoms with E-state index in [9.17, 15) is 14.4 Å². The van der Waals surface area contributed by atoms with Gasteiger partial charge in [0.1, 0.15) is 6.04 Å². The molecule has 1 heterocycles. The summed E-state index contributed by atoms with van der Waals surface area (Å²) in [6.45, 7) is 4.54. The number of rotatable bonds is 6. The van der Waals surface area contributed by atoms with E-state index in [2.05, 4.69) is 16.0 Å². The number of likely N-dealkylation sites (tertiary alicyclic amines) is 1. The van der Waals surface area contributed by atoms with Crippen LogP contribution in [-0.2, 0) is 16.0 Å². The van der Waals surface area contributed by atoms with E-state index < -0.39 is 6.04 Å². The Kier molecular flexibility index (Phi) is 7.65. The van der Waals surface area contributed by atoms with Crippen molar-refractivity contribution in [2.24, 2.45) is 0 Å². The predicted molar refractivity (Wildman–Crippen MR) is 121 cm³/mol. The number of anilines is 1. The third kappa shape index (κ3) is 6.84. The number of nitrogens with one attached hydrogen (secondary N) is 3. The molecule has 0 saturated carbocycles. The van der Waals surface area contributed by atoms with E-state index >= 15 is 0 Å². The zero-order valence-corrected chi connectivity index (χ0v) is 18.1. The van der Waals surface area contributed by atoms with Crippen molar-refractivity contribution in [3.05, 3.63) is 65.7 Å². The first-order chi connectivity index (χ1) is 14.9. The van der Waals surface area contributed by atoms with Crippen LogP contribution in [0.5, 0.6) is 0 Å². The average Bonchev–Trinajstić information content (AvgIpc) is 2.76. The molecular weight excluding hydrogens is 392 g/mol. The number of aryl methyl sites for hydroxylation is 1. The number of carbonyl (C=O) groups is 3. The fourth-order valence-corrected chi connectivity index (χ4v) is 3.67. The van der Waals surface area contributed by atoms with Gasteiger partial charge in [0.2, 0.25) is 11.8 Å². The summed E-state index contributed by atoms with van der Waals surface area (Å²) in [4.78, 5) is 38.7. The number of urea groups is 1. The summed E-state index contributed by atoms with van der Waals surface area (Å²) in [5.74, 6) is -0.430. The Morgan fingerprint density at radius 3 is 2.26 bits per heavy atom. The minimum atomic E-state index is -0.622. The first-order valence-electron chi connectivity index (χ1n) is 10.6. The van der Waals surface area contributed by atoms with Gasteiger partial charge in [0.05, 0.1) is 0 Å². The van der Waals surface area contributed by atoms with Crippen LogP contribution in [-0.4, -0.2) is 47.9 Å². The highest BCUT2D eigenvalue weighted by Gasteiger charge is 2.27. The summed E-state index contributed by atoms with van der Waals surface area (Å²) in [5.41, 5.74) is 2.89. The van der Waals surface area contributed by atoms with Crippen molar-refractivity contribution >= 4 is 23.5 Å². The second-order valence-electron chi connectivity index (χ2n) is 8.01. The van der Waals surface area contributed by atoms with Gasteiger partial charge in [0, 0.05) is 38.2 Å². The van der Waals surface area contributed by atoms with E-state index in [4.69, 9.17) is 0 Å². The van der Waals surface area contributed by atoms with E-state index in [1.54, 1.807) is 4.90 Å². The Labute approximate surface area is 183 Å². The molecule has 0 spiro atoms. The maximum absolute atomic E-state index is 12.8. The van der Waals surface area contributed by atoms with Gasteiger partial charge in [0.15, 0.2) is 0 Å². The minimum absolute atomic E-state index is 0.0250. The molecule has 164 valence electrons. The molecule has 2 aromatic rings. The molecular formula is C24H30N4O3. The lowest BCUT2D eigenvalue weighted by Crippen LogP contribution is -2.53. The van der Waals surface area contributed by atoms with Gasteiger partial charge in [-0.1, -0.05) is 48.0 Å². The third-order valence-corrected chi connectivity index (χ3v) is 5.41. The molecule has 2 aromatic carbocycles. The fourth-order valence-electron chi connectivity index (χ4n) is 3.67. The van der Waals surface area contributed by atoms with Crippen LogP contribution < -0.4 is 16.0 Å². The number of hydrogen-bond acceptors (Lipinski definition) is 3. The maximum atomic E-state index is 12.8. The molecule has 0 bridgehead atoms. The molecule has 1 aliphatic heterocycles. The zero-order chi connectivity index (χ0) is 22.2. The number of nitrogens with zero attached hydrogens (tertiary/aromatic N) is 1. The van der Waals surface area contributed by atoms with Crippen LogP contribution >= 0.6 is 0 Å². The standard InChI is InChI=1S/C24H30N4O3/c1-17-8-10-20(11-9-17)27-24(31)28-14-12-21(13-15-28)26-23(30)22(25-18(2)29)16-19-6-4-3-5-7-19/h3-11,21-22H,12-16H2,1-2H3,(H,25,29)(H,26,30)(H,27,31)/t22-/m1/s1. The van der Waals surface area contributed by atoms with Gasteiger partial charge in [-0.05, 0) is 37.5 Å². The van der Waals surface area contributed by atoms with Gasteiger partial charge in [-0.25, -0.2) is 4.79 Å². The van der Waals surface area contributed by atoms with Crippen molar-refractivity contribution in [1.82, 2.24) is 15.5 Å². The molecule has 1 saturated heterocycles. The largest absolute Gasteiger partial charge is 0.351 e. The first kappa shape index (κ1) is 22.3. The second-order valence-corrected chi connectivity index (χ2v) is 8.01. The molecule has 0 aliphatic carbocycles. The molecule has 0 radical (unpaired) electrons. The van der Waals surface area contributed by atoms with Gasteiger partial charge in [-0.3, -0.25) is 9.59 Å². The Morgan fingerprint density at radius 1 is 1.00 bits per heavy atom. The summed E-state index contributed by atoms with van der Waals surface area (Å²) >= 11 is 0. The van der Waals surface area contributed by atoms with E-state index in [-0.39, 0.29) is 23.9 Å². The predicted octanol–water partition coefficient (Wildman–Crippen LogP) is 2.85. The van der Waals surface area contributed by atoms with Gasteiger partial charge < -0.3 is 20.9 Å². The zero-order valence-electron chi connectivity index (χ0n) is 18.1. The lowest BCUT2D eigenvalue weighted by Gasteiger charge is -2.33. The van der Waals surface area contributed by atoms with E-state index in [0.717, 1.165) is 16.8 Å². The van der Waals surface area contributed by atoms with Crippen LogP contribution in [0, 0.1) is 6.92 Å². The van der Waals surface area contributed by atoms with Crippen LogP contribution in [0.3, 0.4) is 0 Å². The molecule has 0 unspecified atom stereocenters. The smallest absolute Gasteiger partial charge is 0.321 e. The molecule has 7 nitrogen and oxygen atoms in total. The molecule has 1 atom stereocenters. The summed E-state index contributed by atoms with van der Waals surface area (Å²) < 4.78 is 0. The second kappa shape index (κ2) is 10.6. The lowest BCUT2D eigenvalue weighted by molar-refractivity contribution is -0.128. The molecule has 3 N–H and O–H groups in total. The van der Waals surface area contributed by atoms with Gasteiger partial charge in [-0.2, -0.15) is 0 Å². The summed E-state index contributed by atoms with van der Waals surface area (Å²) in [5, 5.41) is 8.71. The lowest BCUT2D eigenvalue weighted by atomic mass is 10.0. The van der Waals surface area contributed by atoms with E-state index in [1.807, 2.05) is 61.5 Å². The summed E-state index contributed by atoms with van der Waals surface area (Å²) in [6, 6.07) is 16.5. The van der Waals surface area contributed by atoms with Gasteiger partial charge in [0.25, 0.3) is 0 Å². The normalized spacial score (nSPS) is 15.1. The highest BCUT2D eigenvalue weighted by Crippen LogP contribution is 2.15. The Morgan fingerprint density at radius 2 is 1.65 bits per heavy atom. The average molecular weight is 423 g/mol. The highest BCUT2D eigenvalue weighted by molar-refractivity contribution is 5.89. The van der Waals surface area contributed by atoms with E-state index in [1.165, 1.54) is 6.92 Å². The van der Waals surface area contributed by atoms with E-state index in [0.29, 0.717) is 32.4 Å². The van der Waals surface area contributed by atoms with Crippen molar-refractivity contribution in [3.63, 3.8) is 0 Å². The summed E-state index contributed by atoms with van der Waals surface area (Å²) in [6.07, 6.45) is 1.78. The quantitative estimate of drug-likeness (QED) is 0.669. The van der Waals surface area contributed by atoms with Crippen molar-refractivity contribution in [1.29, 1.82) is 0 Å². The van der Waals surface area contributed by atoms with Crippen LogP contribution in [0.4, 0.5) is 10.5 Å². The highest BCUT2D eigenvalue weighted by atomic mass is 16.2. The maximum Gasteiger partial charge on any atom is 0.321 e. The number of benzene rings is 2. The SMILES string of the molecule is CC(=O)N[C@H](Cc1ccccc1)C(=O)NC1CCN(C(=O)Nc2ccc(C)cc2)CC1. The van der Waals surface area contributed by atoms with Crippen LogP contribution in [0.2, 0.25) is 0 Å². The summed E-state index contributed by atoms with van der Waals surface area (Å²) in [7, 11) is 0. The number of hydrogen-bond donors (Lipinski definition) is 3. The van der Waals surface area contributed by atoms with Crippen molar-refractivity contribution in [2.45, 2.75) is 45.2 Å². The fraction of sp³-hybridized carbons (Fsp3) is 0.375. The monoisotopic (exact) mass is 422 g/mol. The van der Waals surface area contributed by atoms with Crippen molar-refractivity contribution in [3.8, 4) is 0 Å². The van der Waals surface area contributed by atoms with Crippen molar-refractivity contribution in [2.75, 3.05) is 18.4 Å². The van der Waals surface area contributed by atoms with Gasteiger partial charge in [-0.15, -0.1) is 0 Å². The topological polar surface area (TPSA) is 90.5 Å². The Bertz CT molecular complexity index is 891. The molecule has 7 heteroatoms. The Hall–Kier alpha value is -3.35. The van der Waals surface area contributed by atoms with Crippen LogP contribution in [0.15, 0.2) is 54.6 Å². The molecule has 3 rings (SSSR count). The molecule has 4 amide bonds. The van der Waals surface area contributed by atoms with Crippen molar-refractivity contribution < 1.29 is 14.4 Å². The van der Waals surface area contributed by atoms with Gasteiger partial charge >= 0.3 is 6.03 Å².